The van der Waals surface area contributed by atoms with Crippen molar-refractivity contribution in [3.63, 3.8) is 0 Å². The van der Waals surface area contributed by atoms with Gasteiger partial charge in [-0.2, -0.15) is 0 Å². The summed E-state index contributed by atoms with van der Waals surface area (Å²) >= 11 is 0. The molecule has 0 bridgehead atoms. The summed E-state index contributed by atoms with van der Waals surface area (Å²) in [4.78, 5) is 2.22. The molecule has 0 saturated carbocycles. The predicted molar refractivity (Wildman–Crippen MR) is 91.0 cm³/mol. The van der Waals surface area contributed by atoms with Crippen molar-refractivity contribution in [3.8, 4) is 0 Å². The molecule has 1 aliphatic heterocycles. The molecule has 1 heterocycles. The van der Waals surface area contributed by atoms with Gasteiger partial charge in [-0.25, -0.2) is 16.8 Å². The van der Waals surface area contributed by atoms with E-state index in [4.69, 9.17) is 0 Å². The Kier molecular flexibility index (Phi) is 5.83. The third-order valence-corrected chi connectivity index (χ3v) is 8.13. The Hall–Kier alpha value is -0.960. The summed E-state index contributed by atoms with van der Waals surface area (Å²) in [5.41, 5.74) is 0. The lowest BCUT2D eigenvalue weighted by Gasteiger charge is -2.20. The Bertz CT molecular complexity index is 715. The number of hydrogen-bond donors (Lipinski definition) is 1. The molecular weight excluding hydrogens is 336 g/mol. The highest BCUT2D eigenvalue weighted by atomic mass is 32.2. The highest BCUT2D eigenvalue weighted by molar-refractivity contribution is 7.96. The third-order valence-electron chi connectivity index (χ3n) is 3.96. The van der Waals surface area contributed by atoms with E-state index >= 15 is 0 Å². The second-order valence-electron chi connectivity index (χ2n) is 6.19. The van der Waals surface area contributed by atoms with Crippen LogP contribution in [0.3, 0.4) is 0 Å². The summed E-state index contributed by atoms with van der Waals surface area (Å²) in [6.45, 7) is 1.46. The molecule has 1 aliphatic rings. The van der Waals surface area contributed by atoms with Gasteiger partial charge in [-0.15, -0.1) is 0 Å². The maximum Gasteiger partial charge on any atom is 0.183 e. The number of rotatable bonds is 7. The fourth-order valence-electron chi connectivity index (χ4n) is 2.78. The molecule has 0 aliphatic carbocycles. The fraction of sp³-hybridized carbons (Fsp3) is 0.600. The monoisotopic (exact) mass is 360 g/mol. The second-order valence-corrected chi connectivity index (χ2v) is 10.5. The average Bonchev–Trinajstić information content (AvgIpc) is 2.80. The van der Waals surface area contributed by atoms with Gasteiger partial charge < -0.3 is 10.2 Å². The van der Waals surface area contributed by atoms with Crippen molar-refractivity contribution in [3.05, 3.63) is 30.3 Å². The molecule has 8 heteroatoms. The van der Waals surface area contributed by atoms with E-state index in [9.17, 15) is 16.8 Å². The molecule has 0 aromatic heterocycles. The molecule has 1 aromatic rings. The minimum absolute atomic E-state index is 0.119. The van der Waals surface area contributed by atoms with Crippen LogP contribution in [0.1, 0.15) is 6.42 Å². The van der Waals surface area contributed by atoms with E-state index in [0.717, 1.165) is 13.0 Å². The van der Waals surface area contributed by atoms with Crippen molar-refractivity contribution in [1.82, 2.24) is 10.2 Å². The zero-order valence-corrected chi connectivity index (χ0v) is 15.1. The lowest BCUT2D eigenvalue weighted by Crippen LogP contribution is -2.44. The van der Waals surface area contributed by atoms with Crippen LogP contribution in [0, 0.1) is 0 Å². The Morgan fingerprint density at radius 3 is 2.43 bits per heavy atom. The minimum Gasteiger partial charge on any atom is -0.312 e. The lowest BCUT2D eigenvalue weighted by molar-refractivity contribution is 0.388. The first kappa shape index (κ1) is 18.4. The summed E-state index contributed by atoms with van der Waals surface area (Å²) in [7, 11) is -3.08. The van der Waals surface area contributed by atoms with Gasteiger partial charge in [0.2, 0.25) is 0 Å². The maximum atomic E-state index is 12.8. The molecule has 6 nitrogen and oxygen atoms in total. The van der Waals surface area contributed by atoms with E-state index in [-0.39, 0.29) is 16.4 Å². The van der Waals surface area contributed by atoms with Crippen molar-refractivity contribution in [2.24, 2.45) is 0 Å². The minimum atomic E-state index is -3.66. The Morgan fingerprint density at radius 2 is 1.83 bits per heavy atom. The SMILES string of the molecule is CN(C)CCCN[C@H]1CS(=O)(=O)C[C@@H]1S(=O)(=O)c1ccccc1. The summed E-state index contributed by atoms with van der Waals surface area (Å²) < 4.78 is 49.4. The van der Waals surface area contributed by atoms with Crippen molar-refractivity contribution < 1.29 is 16.8 Å². The molecule has 0 radical (unpaired) electrons. The van der Waals surface area contributed by atoms with Crippen molar-refractivity contribution in [1.29, 1.82) is 0 Å². The van der Waals surface area contributed by atoms with E-state index in [1.165, 1.54) is 12.1 Å². The number of hydrogen-bond acceptors (Lipinski definition) is 6. The van der Waals surface area contributed by atoms with Gasteiger partial charge in [0.25, 0.3) is 0 Å². The zero-order valence-electron chi connectivity index (χ0n) is 13.5. The molecular formula is C15H24N2O4S2. The van der Waals surface area contributed by atoms with Crippen molar-refractivity contribution in [2.45, 2.75) is 22.6 Å². The molecule has 1 N–H and O–H groups in total. The van der Waals surface area contributed by atoms with Crippen LogP contribution >= 0.6 is 0 Å². The van der Waals surface area contributed by atoms with E-state index < -0.39 is 31.0 Å². The van der Waals surface area contributed by atoms with Gasteiger partial charge in [0.05, 0.1) is 21.7 Å². The molecule has 0 unspecified atom stereocenters. The zero-order chi connectivity index (χ0) is 17.1. The Balaban J connectivity index is 2.14. The first-order valence-corrected chi connectivity index (χ1v) is 11.0. The normalized spacial score (nSPS) is 24.1. The fourth-order valence-corrected chi connectivity index (χ4v) is 7.52. The number of nitrogens with one attached hydrogen (secondary N) is 1. The maximum absolute atomic E-state index is 12.8. The number of nitrogens with zero attached hydrogens (tertiary/aromatic N) is 1. The molecule has 2 atom stereocenters. The van der Waals surface area contributed by atoms with E-state index in [2.05, 4.69) is 5.32 Å². The van der Waals surface area contributed by atoms with Crippen LogP contribution in [0.2, 0.25) is 0 Å². The van der Waals surface area contributed by atoms with Crippen molar-refractivity contribution >= 4 is 19.7 Å². The third kappa shape index (κ3) is 4.76. The second kappa shape index (κ2) is 7.29. The molecule has 1 fully saturated rings. The van der Waals surface area contributed by atoms with Gasteiger partial charge in [0, 0.05) is 6.04 Å². The van der Waals surface area contributed by atoms with Crippen LogP contribution in [-0.4, -0.2) is 71.7 Å². The van der Waals surface area contributed by atoms with Gasteiger partial charge in [-0.3, -0.25) is 0 Å². The molecule has 2 rings (SSSR count). The van der Waals surface area contributed by atoms with Crippen LogP contribution in [0.5, 0.6) is 0 Å². The molecule has 0 spiro atoms. The molecule has 130 valence electrons. The highest BCUT2D eigenvalue weighted by Gasteiger charge is 2.45. The molecule has 1 saturated heterocycles. The van der Waals surface area contributed by atoms with E-state index in [1.54, 1.807) is 18.2 Å². The van der Waals surface area contributed by atoms with Crippen LogP contribution in [0.4, 0.5) is 0 Å². The van der Waals surface area contributed by atoms with Crippen LogP contribution < -0.4 is 5.32 Å². The summed E-state index contributed by atoms with van der Waals surface area (Å²) in [5.74, 6) is -0.429. The highest BCUT2D eigenvalue weighted by Crippen LogP contribution is 2.25. The van der Waals surface area contributed by atoms with Gasteiger partial charge in [0.15, 0.2) is 19.7 Å². The summed E-state index contributed by atoms with van der Waals surface area (Å²) in [5, 5.41) is 2.21. The first-order chi connectivity index (χ1) is 10.7. The summed E-state index contributed by atoms with van der Waals surface area (Å²) in [6.07, 6.45) is 0.835. The number of sulfone groups is 2. The molecule has 23 heavy (non-hydrogen) atoms. The first-order valence-electron chi connectivity index (χ1n) is 7.60. The largest absolute Gasteiger partial charge is 0.312 e. The molecule has 0 amide bonds. The summed E-state index contributed by atoms with van der Waals surface area (Å²) in [6, 6.07) is 7.52. The topological polar surface area (TPSA) is 83.6 Å². The smallest absolute Gasteiger partial charge is 0.183 e. The van der Waals surface area contributed by atoms with Crippen LogP contribution in [-0.2, 0) is 19.7 Å². The van der Waals surface area contributed by atoms with Crippen LogP contribution in [0.15, 0.2) is 35.2 Å². The van der Waals surface area contributed by atoms with Crippen molar-refractivity contribution in [2.75, 3.05) is 38.7 Å². The van der Waals surface area contributed by atoms with Gasteiger partial charge in [-0.05, 0) is 45.7 Å². The van der Waals surface area contributed by atoms with Crippen LogP contribution in [0.25, 0.3) is 0 Å². The Morgan fingerprint density at radius 1 is 1.17 bits per heavy atom. The predicted octanol–water partition coefficient (Wildman–Crippen LogP) is 0.167. The van der Waals surface area contributed by atoms with E-state index in [1.807, 2.05) is 19.0 Å². The van der Waals surface area contributed by atoms with Gasteiger partial charge in [-0.1, -0.05) is 18.2 Å². The molecule has 1 aromatic carbocycles. The average molecular weight is 361 g/mol. The number of benzene rings is 1. The standard InChI is InChI=1S/C15H24N2O4S2/c1-17(2)10-6-9-16-14-11-22(18,19)12-15(14)23(20,21)13-7-4-3-5-8-13/h3-5,7-8,14-16H,6,9-12H2,1-2H3/t14-,15-/m0/s1. The lowest BCUT2D eigenvalue weighted by atomic mass is 10.2. The van der Waals surface area contributed by atoms with E-state index in [0.29, 0.717) is 6.54 Å². The quantitative estimate of drug-likeness (QED) is 0.698. The van der Waals surface area contributed by atoms with Gasteiger partial charge >= 0.3 is 0 Å². The van der Waals surface area contributed by atoms with Gasteiger partial charge in [0.1, 0.15) is 0 Å². The Labute approximate surface area is 138 Å².